The van der Waals surface area contributed by atoms with Gasteiger partial charge in [0.1, 0.15) is 5.82 Å². The van der Waals surface area contributed by atoms with Gasteiger partial charge in [-0.1, -0.05) is 24.3 Å². The highest BCUT2D eigenvalue weighted by atomic mass is 32.2. The van der Waals surface area contributed by atoms with Gasteiger partial charge in [-0.05, 0) is 37.6 Å². The lowest BCUT2D eigenvalue weighted by molar-refractivity contribution is 0.0938. The van der Waals surface area contributed by atoms with E-state index < -0.39 is 27.8 Å². The molecule has 7 heteroatoms. The number of carbonyl (C=O) groups excluding carboxylic acids is 1. The lowest BCUT2D eigenvalue weighted by Crippen LogP contribution is -2.28. The Morgan fingerprint density at radius 3 is 2.48 bits per heavy atom. The number of rotatable bonds is 4. The fourth-order valence-corrected chi connectivity index (χ4v) is 2.74. The number of carbonyl (C=O) groups is 1. The van der Waals surface area contributed by atoms with E-state index in [1.54, 1.807) is 32.0 Å². The third kappa shape index (κ3) is 3.94. The molecular formula is C16H17FN2O3S. The lowest BCUT2D eigenvalue weighted by atomic mass is 10.1. The van der Waals surface area contributed by atoms with Crippen molar-refractivity contribution < 1.29 is 17.6 Å². The fraction of sp³-hybridized carbons (Fsp3) is 0.188. The number of hydrogen-bond donors (Lipinski definition) is 2. The largest absolute Gasteiger partial charge is 0.345 e. The van der Waals surface area contributed by atoms with Crippen molar-refractivity contribution in [1.29, 1.82) is 0 Å². The van der Waals surface area contributed by atoms with E-state index in [9.17, 15) is 17.6 Å². The molecule has 1 unspecified atom stereocenters. The SMILES string of the molecule is Cc1ccc(S(N)(=O)=O)cc1C(=O)NC(C)c1ccccc1F. The van der Waals surface area contributed by atoms with Gasteiger partial charge in [-0.2, -0.15) is 0 Å². The maximum atomic E-state index is 13.7. The molecular weight excluding hydrogens is 319 g/mol. The topological polar surface area (TPSA) is 89.3 Å². The summed E-state index contributed by atoms with van der Waals surface area (Å²) >= 11 is 0. The summed E-state index contributed by atoms with van der Waals surface area (Å²) in [7, 11) is -3.90. The summed E-state index contributed by atoms with van der Waals surface area (Å²) in [5.74, 6) is -0.918. The van der Waals surface area contributed by atoms with Crippen molar-refractivity contribution in [2.45, 2.75) is 24.8 Å². The van der Waals surface area contributed by atoms with Gasteiger partial charge in [-0.15, -0.1) is 0 Å². The van der Waals surface area contributed by atoms with E-state index in [0.29, 0.717) is 11.1 Å². The van der Waals surface area contributed by atoms with Gasteiger partial charge in [-0.25, -0.2) is 17.9 Å². The number of nitrogens with two attached hydrogens (primary N) is 1. The minimum atomic E-state index is -3.90. The number of primary sulfonamides is 1. The van der Waals surface area contributed by atoms with Gasteiger partial charge in [0.15, 0.2) is 0 Å². The van der Waals surface area contributed by atoms with Crippen LogP contribution in [0.4, 0.5) is 4.39 Å². The van der Waals surface area contributed by atoms with Crippen LogP contribution >= 0.6 is 0 Å². The number of amides is 1. The molecule has 0 spiro atoms. The van der Waals surface area contributed by atoms with Crippen LogP contribution < -0.4 is 10.5 Å². The first kappa shape index (κ1) is 17.1. The quantitative estimate of drug-likeness (QED) is 0.897. The summed E-state index contributed by atoms with van der Waals surface area (Å²) in [5, 5.41) is 7.74. The molecule has 23 heavy (non-hydrogen) atoms. The minimum absolute atomic E-state index is 0.146. The van der Waals surface area contributed by atoms with E-state index in [1.165, 1.54) is 24.3 Å². The molecule has 1 amide bonds. The molecule has 0 radical (unpaired) electrons. The monoisotopic (exact) mass is 336 g/mol. The van der Waals surface area contributed by atoms with Crippen molar-refractivity contribution in [3.63, 3.8) is 0 Å². The predicted molar refractivity (Wildman–Crippen MR) is 84.8 cm³/mol. The molecule has 2 aromatic rings. The second kappa shape index (κ2) is 6.47. The molecule has 0 bridgehead atoms. The molecule has 122 valence electrons. The molecule has 0 heterocycles. The molecule has 0 saturated heterocycles. The van der Waals surface area contributed by atoms with Gasteiger partial charge in [0.05, 0.1) is 10.9 Å². The van der Waals surface area contributed by atoms with E-state index in [-0.39, 0.29) is 10.5 Å². The van der Waals surface area contributed by atoms with Gasteiger partial charge in [0, 0.05) is 11.1 Å². The zero-order chi connectivity index (χ0) is 17.2. The smallest absolute Gasteiger partial charge is 0.252 e. The summed E-state index contributed by atoms with van der Waals surface area (Å²) in [4.78, 5) is 12.2. The Morgan fingerprint density at radius 2 is 1.87 bits per heavy atom. The number of nitrogens with one attached hydrogen (secondary N) is 1. The highest BCUT2D eigenvalue weighted by Gasteiger charge is 2.18. The molecule has 0 aliphatic rings. The van der Waals surface area contributed by atoms with E-state index in [1.807, 2.05) is 0 Å². The van der Waals surface area contributed by atoms with Crippen LogP contribution in [0.15, 0.2) is 47.4 Å². The highest BCUT2D eigenvalue weighted by Crippen LogP contribution is 2.19. The van der Waals surface area contributed by atoms with Crippen molar-refractivity contribution in [2.75, 3.05) is 0 Å². The second-order valence-electron chi connectivity index (χ2n) is 5.24. The Labute approximate surface area is 134 Å². The fourth-order valence-electron chi connectivity index (χ4n) is 2.20. The number of aryl methyl sites for hydroxylation is 1. The highest BCUT2D eigenvalue weighted by molar-refractivity contribution is 7.89. The van der Waals surface area contributed by atoms with Crippen molar-refractivity contribution in [3.8, 4) is 0 Å². The molecule has 5 nitrogen and oxygen atoms in total. The second-order valence-corrected chi connectivity index (χ2v) is 6.80. The lowest BCUT2D eigenvalue weighted by Gasteiger charge is -2.16. The normalized spacial score (nSPS) is 12.7. The number of benzene rings is 2. The van der Waals surface area contributed by atoms with Crippen molar-refractivity contribution in [3.05, 3.63) is 65.0 Å². The van der Waals surface area contributed by atoms with E-state index in [0.717, 1.165) is 0 Å². The van der Waals surface area contributed by atoms with Crippen molar-refractivity contribution >= 4 is 15.9 Å². The molecule has 0 aliphatic heterocycles. The summed E-state index contributed by atoms with van der Waals surface area (Å²) in [6.07, 6.45) is 0. The number of hydrogen-bond acceptors (Lipinski definition) is 3. The van der Waals surface area contributed by atoms with Gasteiger partial charge in [-0.3, -0.25) is 4.79 Å². The van der Waals surface area contributed by atoms with Gasteiger partial charge >= 0.3 is 0 Å². The first-order valence-electron chi connectivity index (χ1n) is 6.89. The summed E-state index contributed by atoms with van der Waals surface area (Å²) in [5.41, 5.74) is 1.12. The first-order chi connectivity index (χ1) is 10.7. The van der Waals surface area contributed by atoms with E-state index >= 15 is 0 Å². The molecule has 1 atom stereocenters. The summed E-state index contributed by atoms with van der Waals surface area (Å²) < 4.78 is 36.6. The Balaban J connectivity index is 2.29. The maximum Gasteiger partial charge on any atom is 0.252 e. The Bertz CT molecular complexity index is 850. The summed E-state index contributed by atoms with van der Waals surface area (Å²) in [6.45, 7) is 3.32. The van der Waals surface area contributed by atoms with Crippen LogP contribution in [0, 0.1) is 12.7 Å². The number of halogens is 1. The maximum absolute atomic E-state index is 13.7. The van der Waals surface area contributed by atoms with E-state index in [4.69, 9.17) is 5.14 Å². The van der Waals surface area contributed by atoms with Crippen LogP contribution in [0.3, 0.4) is 0 Å². The zero-order valence-electron chi connectivity index (χ0n) is 12.7. The van der Waals surface area contributed by atoms with Crippen LogP contribution in [0.25, 0.3) is 0 Å². The van der Waals surface area contributed by atoms with Crippen LogP contribution in [0.1, 0.15) is 34.5 Å². The molecule has 2 aromatic carbocycles. The Morgan fingerprint density at radius 1 is 1.22 bits per heavy atom. The molecule has 3 N–H and O–H groups in total. The third-order valence-corrected chi connectivity index (χ3v) is 4.41. The van der Waals surface area contributed by atoms with Crippen LogP contribution in [0.5, 0.6) is 0 Å². The molecule has 0 aliphatic carbocycles. The molecule has 2 rings (SSSR count). The van der Waals surface area contributed by atoms with Crippen LogP contribution in [-0.4, -0.2) is 14.3 Å². The first-order valence-corrected chi connectivity index (χ1v) is 8.43. The molecule has 0 fully saturated rings. The van der Waals surface area contributed by atoms with Gasteiger partial charge in [0.25, 0.3) is 5.91 Å². The molecule has 0 aromatic heterocycles. The van der Waals surface area contributed by atoms with E-state index in [2.05, 4.69) is 5.32 Å². The Kier molecular flexibility index (Phi) is 4.82. The van der Waals surface area contributed by atoms with Crippen molar-refractivity contribution in [1.82, 2.24) is 5.32 Å². The summed E-state index contributed by atoms with van der Waals surface area (Å²) in [6, 6.07) is 9.61. The standard InChI is InChI=1S/C16H17FN2O3S/c1-10-7-8-12(23(18,21)22)9-14(10)16(20)19-11(2)13-5-3-4-6-15(13)17/h3-9,11H,1-2H3,(H,19,20)(H2,18,21,22). The van der Waals surface area contributed by atoms with Crippen LogP contribution in [0.2, 0.25) is 0 Å². The van der Waals surface area contributed by atoms with Gasteiger partial charge < -0.3 is 5.32 Å². The Hall–Kier alpha value is -2.25. The average molecular weight is 336 g/mol. The third-order valence-electron chi connectivity index (χ3n) is 3.50. The van der Waals surface area contributed by atoms with Crippen molar-refractivity contribution in [2.24, 2.45) is 5.14 Å². The minimum Gasteiger partial charge on any atom is -0.345 e. The predicted octanol–water partition coefficient (Wildman–Crippen LogP) is 2.27. The van der Waals surface area contributed by atoms with Crippen LogP contribution in [-0.2, 0) is 10.0 Å². The number of sulfonamides is 1. The van der Waals surface area contributed by atoms with Gasteiger partial charge in [0.2, 0.25) is 10.0 Å². The zero-order valence-corrected chi connectivity index (χ0v) is 13.5. The average Bonchev–Trinajstić information content (AvgIpc) is 2.46. The molecule has 0 saturated carbocycles.